The Bertz CT molecular complexity index is 209. The van der Waals surface area contributed by atoms with E-state index in [9.17, 15) is 4.79 Å². The minimum atomic E-state index is -0.261. The molecular formula is C11H22NO2+. The van der Waals surface area contributed by atoms with Crippen LogP contribution in [0.2, 0.25) is 0 Å². The van der Waals surface area contributed by atoms with E-state index in [0.29, 0.717) is 18.6 Å². The molecule has 0 bridgehead atoms. The van der Waals surface area contributed by atoms with Gasteiger partial charge in [-0.3, -0.25) is 0 Å². The van der Waals surface area contributed by atoms with E-state index in [0.717, 1.165) is 17.6 Å². The van der Waals surface area contributed by atoms with Crippen LogP contribution in [0.25, 0.3) is 0 Å². The molecule has 0 aliphatic rings. The Kier molecular flexibility index (Phi) is 5.46. The second kappa shape index (κ2) is 5.81. The molecule has 0 spiro atoms. The summed E-state index contributed by atoms with van der Waals surface area (Å²) >= 11 is 0. The quantitative estimate of drug-likeness (QED) is 0.370. The van der Waals surface area contributed by atoms with Crippen molar-refractivity contribution in [2.75, 3.05) is 33.8 Å². The summed E-state index contributed by atoms with van der Waals surface area (Å²) in [5.74, 6) is -0.261. The van der Waals surface area contributed by atoms with Crippen molar-refractivity contribution in [2.24, 2.45) is 0 Å². The summed E-state index contributed by atoms with van der Waals surface area (Å²) in [5, 5.41) is 0. The predicted octanol–water partition coefficient (Wildman–Crippen LogP) is 1.59. The highest BCUT2D eigenvalue weighted by Gasteiger charge is 2.13. The number of nitrogens with zero attached hydrogens (tertiary/aromatic N) is 1. The second-order valence-corrected chi connectivity index (χ2v) is 4.07. The van der Waals surface area contributed by atoms with Gasteiger partial charge in [0, 0.05) is 5.57 Å². The lowest BCUT2D eigenvalue weighted by Gasteiger charge is -2.27. The van der Waals surface area contributed by atoms with Gasteiger partial charge in [0.25, 0.3) is 0 Å². The molecule has 0 atom stereocenters. The maximum atomic E-state index is 11.2. The first-order valence-corrected chi connectivity index (χ1v) is 5.10. The van der Waals surface area contributed by atoms with E-state index in [1.807, 2.05) is 6.92 Å². The summed E-state index contributed by atoms with van der Waals surface area (Å²) in [6, 6.07) is 0. The molecule has 0 aromatic carbocycles. The lowest BCUT2D eigenvalue weighted by Crippen LogP contribution is -2.42. The lowest BCUT2D eigenvalue weighted by atomic mass is 10.2. The van der Waals surface area contributed by atoms with Crippen LogP contribution in [-0.2, 0) is 9.53 Å². The molecule has 0 aromatic heterocycles. The molecule has 0 N–H and O–H groups in total. The number of hydrogen-bond donors (Lipinski definition) is 0. The van der Waals surface area contributed by atoms with Crippen molar-refractivity contribution >= 4 is 5.97 Å². The number of carbonyl (C=O) groups excluding carboxylic acids is 1. The number of ether oxygens (including phenoxy) is 1. The van der Waals surface area contributed by atoms with Crippen LogP contribution in [0.1, 0.15) is 20.3 Å². The summed E-state index contributed by atoms with van der Waals surface area (Å²) in [6.45, 7) is 10.00. The third-order valence-corrected chi connectivity index (χ3v) is 2.50. The molecule has 3 heteroatoms. The Morgan fingerprint density at radius 1 is 1.36 bits per heavy atom. The first-order valence-electron chi connectivity index (χ1n) is 5.10. The Hall–Kier alpha value is -0.830. The zero-order chi connectivity index (χ0) is 11.2. The van der Waals surface area contributed by atoms with Crippen molar-refractivity contribution < 1.29 is 14.0 Å². The summed E-state index contributed by atoms with van der Waals surface area (Å²) in [7, 11) is 4.23. The van der Waals surface area contributed by atoms with Gasteiger partial charge in [-0.25, -0.2) is 4.79 Å². The van der Waals surface area contributed by atoms with E-state index in [1.54, 1.807) is 0 Å². The molecule has 0 radical (unpaired) electrons. The van der Waals surface area contributed by atoms with Gasteiger partial charge in [0.1, 0.15) is 13.2 Å². The van der Waals surface area contributed by atoms with E-state index >= 15 is 0 Å². The van der Waals surface area contributed by atoms with Crippen molar-refractivity contribution in [1.29, 1.82) is 0 Å². The van der Waals surface area contributed by atoms with Crippen LogP contribution in [0.3, 0.4) is 0 Å². The molecule has 0 fully saturated rings. The number of likely N-dealkylation sites (N-methyl/N-ethyl adjacent to an activating group) is 1. The van der Waals surface area contributed by atoms with Gasteiger partial charge < -0.3 is 9.22 Å². The normalized spacial score (nSPS) is 11.1. The third kappa shape index (κ3) is 5.02. The largest absolute Gasteiger partial charge is 0.456 e. The third-order valence-electron chi connectivity index (χ3n) is 2.50. The van der Waals surface area contributed by atoms with Crippen LogP contribution in [0.4, 0.5) is 0 Å². The average Bonchev–Trinajstić information content (AvgIpc) is 2.16. The molecule has 0 unspecified atom stereocenters. The number of rotatable bonds is 6. The molecule has 0 aliphatic carbocycles. The van der Waals surface area contributed by atoms with E-state index in [4.69, 9.17) is 4.74 Å². The Morgan fingerprint density at radius 3 is 2.36 bits per heavy atom. The molecule has 0 aliphatic heterocycles. The standard InChI is InChI=1S/C11H22NO2/c1-6-10(3)11(13)14-9-8-12(4,5)7-2/h3,6-9H2,1-2,4-5H3/q+1. The molecule has 0 rings (SSSR count). The maximum Gasteiger partial charge on any atom is 0.333 e. The van der Waals surface area contributed by atoms with Gasteiger partial charge in [-0.05, 0) is 13.3 Å². The van der Waals surface area contributed by atoms with Crippen molar-refractivity contribution in [3.8, 4) is 0 Å². The molecule has 0 heterocycles. The van der Waals surface area contributed by atoms with Gasteiger partial charge in [-0.2, -0.15) is 0 Å². The number of hydrogen-bond acceptors (Lipinski definition) is 2. The van der Waals surface area contributed by atoms with Crippen molar-refractivity contribution in [1.82, 2.24) is 0 Å². The van der Waals surface area contributed by atoms with Gasteiger partial charge in [0.15, 0.2) is 0 Å². The predicted molar refractivity (Wildman–Crippen MR) is 57.9 cm³/mol. The molecule has 14 heavy (non-hydrogen) atoms. The monoisotopic (exact) mass is 200 g/mol. The number of quaternary nitrogens is 1. The summed E-state index contributed by atoms with van der Waals surface area (Å²) < 4.78 is 5.95. The zero-order valence-corrected chi connectivity index (χ0v) is 9.80. The summed E-state index contributed by atoms with van der Waals surface area (Å²) in [5.41, 5.74) is 0.548. The Balaban J connectivity index is 3.75. The molecule has 82 valence electrons. The van der Waals surface area contributed by atoms with E-state index in [2.05, 4.69) is 27.6 Å². The fourth-order valence-electron chi connectivity index (χ4n) is 0.790. The van der Waals surface area contributed by atoms with Crippen LogP contribution in [0.15, 0.2) is 12.2 Å². The molecule has 0 aromatic rings. The Labute approximate surface area is 86.9 Å². The minimum absolute atomic E-state index is 0.261. The number of esters is 1. The van der Waals surface area contributed by atoms with Crippen molar-refractivity contribution in [2.45, 2.75) is 20.3 Å². The fourth-order valence-corrected chi connectivity index (χ4v) is 0.790. The summed E-state index contributed by atoms with van der Waals surface area (Å²) in [6.07, 6.45) is 0.658. The Morgan fingerprint density at radius 2 is 1.93 bits per heavy atom. The van der Waals surface area contributed by atoms with Crippen molar-refractivity contribution in [3.05, 3.63) is 12.2 Å². The first kappa shape index (κ1) is 13.2. The van der Waals surface area contributed by atoms with E-state index in [1.165, 1.54) is 0 Å². The van der Waals surface area contributed by atoms with Crippen LogP contribution in [-0.4, -0.2) is 44.2 Å². The van der Waals surface area contributed by atoms with Crippen LogP contribution in [0, 0.1) is 0 Å². The number of carbonyl (C=O) groups is 1. The zero-order valence-electron chi connectivity index (χ0n) is 9.80. The highest BCUT2D eigenvalue weighted by atomic mass is 16.5. The van der Waals surface area contributed by atoms with E-state index < -0.39 is 0 Å². The highest BCUT2D eigenvalue weighted by Crippen LogP contribution is 2.01. The minimum Gasteiger partial charge on any atom is -0.456 e. The van der Waals surface area contributed by atoms with Crippen LogP contribution >= 0.6 is 0 Å². The van der Waals surface area contributed by atoms with Gasteiger partial charge in [0.2, 0.25) is 0 Å². The molecular weight excluding hydrogens is 178 g/mol. The molecule has 0 saturated heterocycles. The molecule has 3 nitrogen and oxygen atoms in total. The van der Waals surface area contributed by atoms with Gasteiger partial charge in [0.05, 0.1) is 20.6 Å². The van der Waals surface area contributed by atoms with Crippen LogP contribution < -0.4 is 0 Å². The molecule has 0 amide bonds. The average molecular weight is 200 g/mol. The van der Waals surface area contributed by atoms with Gasteiger partial charge in [-0.1, -0.05) is 13.5 Å². The second-order valence-electron chi connectivity index (χ2n) is 4.07. The lowest BCUT2D eigenvalue weighted by molar-refractivity contribution is -0.888. The highest BCUT2D eigenvalue weighted by molar-refractivity contribution is 5.87. The summed E-state index contributed by atoms with van der Waals surface area (Å²) in [4.78, 5) is 11.2. The SMILES string of the molecule is C=C(CC)C(=O)OCC[N+](C)(C)CC. The van der Waals surface area contributed by atoms with Crippen molar-refractivity contribution in [3.63, 3.8) is 0 Å². The smallest absolute Gasteiger partial charge is 0.333 e. The van der Waals surface area contributed by atoms with Gasteiger partial charge >= 0.3 is 5.97 Å². The molecule has 0 saturated carbocycles. The van der Waals surface area contributed by atoms with Crippen LogP contribution in [0.5, 0.6) is 0 Å². The maximum absolute atomic E-state index is 11.2. The fraction of sp³-hybridized carbons (Fsp3) is 0.727. The first-order chi connectivity index (χ1) is 6.43. The van der Waals surface area contributed by atoms with E-state index in [-0.39, 0.29) is 5.97 Å². The van der Waals surface area contributed by atoms with Gasteiger partial charge in [-0.15, -0.1) is 0 Å². The topological polar surface area (TPSA) is 26.3 Å².